The summed E-state index contributed by atoms with van der Waals surface area (Å²) in [5.41, 5.74) is 9.84. The SMILES string of the molecule is CCc1ccc(N2C(=O)CSC2c2ccc(N)cc2)cc1. The average molecular weight is 298 g/mol. The van der Waals surface area contributed by atoms with E-state index in [1.165, 1.54) is 5.56 Å². The Morgan fingerprint density at radius 2 is 1.81 bits per heavy atom. The van der Waals surface area contributed by atoms with Crippen molar-refractivity contribution in [2.45, 2.75) is 18.7 Å². The van der Waals surface area contributed by atoms with Crippen molar-refractivity contribution >= 4 is 29.0 Å². The largest absolute Gasteiger partial charge is 0.399 e. The Kier molecular flexibility index (Phi) is 3.88. The highest BCUT2D eigenvalue weighted by atomic mass is 32.2. The number of anilines is 2. The van der Waals surface area contributed by atoms with Gasteiger partial charge in [0.25, 0.3) is 0 Å². The molecule has 1 saturated heterocycles. The number of hydrogen-bond acceptors (Lipinski definition) is 3. The molecule has 2 aromatic carbocycles. The first-order valence-electron chi connectivity index (χ1n) is 7.07. The fourth-order valence-electron chi connectivity index (χ4n) is 2.50. The van der Waals surface area contributed by atoms with Crippen LogP contribution in [0.5, 0.6) is 0 Å². The molecule has 0 saturated carbocycles. The number of nitrogens with zero attached hydrogens (tertiary/aromatic N) is 1. The third kappa shape index (κ3) is 2.76. The molecule has 4 heteroatoms. The highest BCUT2D eigenvalue weighted by Crippen LogP contribution is 2.41. The molecule has 21 heavy (non-hydrogen) atoms. The third-order valence-corrected chi connectivity index (χ3v) is 4.92. The molecule has 0 aliphatic carbocycles. The van der Waals surface area contributed by atoms with Crippen LogP contribution >= 0.6 is 11.8 Å². The standard InChI is InChI=1S/C17H18N2OS/c1-2-12-3-9-15(10-4-12)19-16(20)11-21-17(19)13-5-7-14(18)8-6-13/h3-10,17H,2,11,18H2,1H3. The summed E-state index contributed by atoms with van der Waals surface area (Å²) in [6, 6.07) is 16.0. The lowest BCUT2D eigenvalue weighted by Gasteiger charge is -2.24. The first-order valence-corrected chi connectivity index (χ1v) is 8.12. The Hall–Kier alpha value is -1.94. The number of thioether (sulfide) groups is 1. The zero-order valence-corrected chi connectivity index (χ0v) is 12.8. The van der Waals surface area contributed by atoms with E-state index in [4.69, 9.17) is 5.73 Å². The fourth-order valence-corrected chi connectivity index (χ4v) is 3.68. The maximum absolute atomic E-state index is 12.3. The summed E-state index contributed by atoms with van der Waals surface area (Å²) in [6.45, 7) is 2.13. The second-order valence-electron chi connectivity index (χ2n) is 5.11. The van der Waals surface area contributed by atoms with Crippen LogP contribution in [-0.2, 0) is 11.2 Å². The Morgan fingerprint density at radius 1 is 1.14 bits per heavy atom. The molecule has 3 nitrogen and oxygen atoms in total. The topological polar surface area (TPSA) is 46.3 Å². The Morgan fingerprint density at radius 3 is 2.43 bits per heavy atom. The monoisotopic (exact) mass is 298 g/mol. The molecule has 1 aliphatic rings. The Balaban J connectivity index is 1.93. The maximum Gasteiger partial charge on any atom is 0.238 e. The Bertz CT molecular complexity index is 637. The molecule has 1 aliphatic heterocycles. The molecule has 1 unspecified atom stereocenters. The number of nitrogens with two attached hydrogens (primary N) is 1. The van der Waals surface area contributed by atoms with Crippen molar-refractivity contribution in [3.05, 3.63) is 59.7 Å². The summed E-state index contributed by atoms with van der Waals surface area (Å²) >= 11 is 1.66. The van der Waals surface area contributed by atoms with E-state index < -0.39 is 0 Å². The molecule has 0 radical (unpaired) electrons. The number of amides is 1. The molecule has 1 heterocycles. The van der Waals surface area contributed by atoms with Crippen molar-refractivity contribution < 1.29 is 4.79 Å². The minimum absolute atomic E-state index is 0.0329. The van der Waals surface area contributed by atoms with Crippen LogP contribution in [0.15, 0.2) is 48.5 Å². The van der Waals surface area contributed by atoms with Crippen molar-refractivity contribution in [3.8, 4) is 0 Å². The lowest BCUT2D eigenvalue weighted by molar-refractivity contribution is -0.115. The lowest BCUT2D eigenvalue weighted by Crippen LogP contribution is -2.27. The van der Waals surface area contributed by atoms with Crippen LogP contribution in [0.1, 0.15) is 23.4 Å². The van der Waals surface area contributed by atoms with E-state index in [1.807, 2.05) is 41.3 Å². The van der Waals surface area contributed by atoms with E-state index in [2.05, 4.69) is 19.1 Å². The van der Waals surface area contributed by atoms with Crippen molar-refractivity contribution in [2.75, 3.05) is 16.4 Å². The van der Waals surface area contributed by atoms with Crippen LogP contribution in [0.4, 0.5) is 11.4 Å². The molecule has 3 rings (SSSR count). The highest BCUT2D eigenvalue weighted by molar-refractivity contribution is 8.00. The minimum Gasteiger partial charge on any atom is -0.399 e. The molecule has 1 atom stereocenters. The van der Waals surface area contributed by atoms with Gasteiger partial charge in [-0.15, -0.1) is 11.8 Å². The second kappa shape index (κ2) is 5.82. The van der Waals surface area contributed by atoms with Crippen LogP contribution in [0.25, 0.3) is 0 Å². The van der Waals surface area contributed by atoms with Gasteiger partial charge in [0, 0.05) is 11.4 Å². The average Bonchev–Trinajstić information content (AvgIpc) is 2.90. The zero-order valence-electron chi connectivity index (χ0n) is 12.0. The van der Waals surface area contributed by atoms with Gasteiger partial charge in [-0.05, 0) is 41.8 Å². The Labute approximate surface area is 129 Å². The van der Waals surface area contributed by atoms with E-state index in [-0.39, 0.29) is 11.3 Å². The van der Waals surface area contributed by atoms with Crippen LogP contribution in [-0.4, -0.2) is 11.7 Å². The molecule has 1 amide bonds. The van der Waals surface area contributed by atoms with Gasteiger partial charge in [0.15, 0.2) is 0 Å². The van der Waals surface area contributed by atoms with Crippen molar-refractivity contribution in [3.63, 3.8) is 0 Å². The first kappa shape index (κ1) is 14.0. The summed E-state index contributed by atoms with van der Waals surface area (Å²) in [5.74, 6) is 0.677. The third-order valence-electron chi connectivity index (χ3n) is 3.71. The normalized spacial score (nSPS) is 18.2. The van der Waals surface area contributed by atoms with E-state index in [9.17, 15) is 4.79 Å². The summed E-state index contributed by atoms with van der Waals surface area (Å²) < 4.78 is 0. The van der Waals surface area contributed by atoms with Crippen LogP contribution in [0.3, 0.4) is 0 Å². The van der Waals surface area contributed by atoms with Gasteiger partial charge in [0.05, 0.1) is 5.75 Å². The summed E-state index contributed by atoms with van der Waals surface area (Å²) in [4.78, 5) is 14.1. The van der Waals surface area contributed by atoms with Crippen LogP contribution < -0.4 is 10.6 Å². The van der Waals surface area contributed by atoms with Gasteiger partial charge in [0.1, 0.15) is 5.37 Å². The molecular formula is C17H18N2OS. The molecule has 108 valence electrons. The summed E-state index contributed by atoms with van der Waals surface area (Å²) in [5, 5.41) is 0.0329. The lowest BCUT2D eigenvalue weighted by atomic mass is 10.1. The molecule has 0 bridgehead atoms. The van der Waals surface area contributed by atoms with Gasteiger partial charge >= 0.3 is 0 Å². The quantitative estimate of drug-likeness (QED) is 0.881. The maximum atomic E-state index is 12.3. The van der Waals surface area contributed by atoms with Gasteiger partial charge < -0.3 is 5.73 Å². The van der Waals surface area contributed by atoms with Crippen molar-refractivity contribution in [1.29, 1.82) is 0 Å². The van der Waals surface area contributed by atoms with E-state index in [1.54, 1.807) is 11.8 Å². The number of hydrogen-bond donors (Lipinski definition) is 1. The number of benzene rings is 2. The van der Waals surface area contributed by atoms with Gasteiger partial charge in [-0.25, -0.2) is 0 Å². The molecular weight excluding hydrogens is 280 g/mol. The summed E-state index contributed by atoms with van der Waals surface area (Å²) in [7, 11) is 0. The second-order valence-corrected chi connectivity index (χ2v) is 6.18. The van der Waals surface area contributed by atoms with E-state index >= 15 is 0 Å². The van der Waals surface area contributed by atoms with Gasteiger partial charge in [0.2, 0.25) is 5.91 Å². The zero-order chi connectivity index (χ0) is 14.8. The van der Waals surface area contributed by atoms with Gasteiger partial charge in [-0.1, -0.05) is 31.2 Å². The van der Waals surface area contributed by atoms with Crippen LogP contribution in [0, 0.1) is 0 Å². The minimum atomic E-state index is 0.0329. The van der Waals surface area contributed by atoms with Gasteiger partial charge in [-0.2, -0.15) is 0 Å². The summed E-state index contributed by atoms with van der Waals surface area (Å²) in [6.07, 6.45) is 1.00. The van der Waals surface area contributed by atoms with Crippen molar-refractivity contribution in [2.24, 2.45) is 0 Å². The number of carbonyl (C=O) groups is 1. The highest BCUT2D eigenvalue weighted by Gasteiger charge is 2.33. The van der Waals surface area contributed by atoms with Crippen molar-refractivity contribution in [1.82, 2.24) is 0 Å². The van der Waals surface area contributed by atoms with E-state index in [0.717, 1.165) is 23.4 Å². The number of aryl methyl sites for hydroxylation is 1. The van der Waals surface area contributed by atoms with Gasteiger partial charge in [-0.3, -0.25) is 9.69 Å². The number of rotatable bonds is 3. The molecule has 2 N–H and O–H groups in total. The number of carbonyl (C=O) groups excluding carboxylic acids is 1. The predicted octanol–water partition coefficient (Wildman–Crippen LogP) is 3.61. The molecule has 1 fully saturated rings. The smallest absolute Gasteiger partial charge is 0.238 e. The molecule has 0 aromatic heterocycles. The predicted molar refractivity (Wildman–Crippen MR) is 89.4 cm³/mol. The van der Waals surface area contributed by atoms with Crippen LogP contribution in [0.2, 0.25) is 0 Å². The molecule has 2 aromatic rings. The molecule has 0 spiro atoms. The fraction of sp³-hybridized carbons (Fsp3) is 0.235. The van der Waals surface area contributed by atoms with E-state index in [0.29, 0.717) is 5.75 Å². The number of nitrogen functional groups attached to an aromatic ring is 1. The first-order chi connectivity index (χ1) is 10.2.